The molecule has 0 saturated carbocycles. The first-order valence-electron chi connectivity index (χ1n) is 7.93. The third-order valence-electron chi connectivity index (χ3n) is 3.92. The van der Waals surface area contributed by atoms with Gasteiger partial charge in [-0.2, -0.15) is 0 Å². The molecule has 0 unspecified atom stereocenters. The molecule has 0 aliphatic heterocycles. The number of rotatable bonds is 5. The third kappa shape index (κ3) is 3.18. The van der Waals surface area contributed by atoms with Crippen molar-refractivity contribution >= 4 is 43.6 Å². The summed E-state index contributed by atoms with van der Waals surface area (Å²) in [5.74, 6) is 0.556. The van der Waals surface area contributed by atoms with Crippen LogP contribution < -0.4 is 10.0 Å². The molecule has 0 aliphatic rings. The van der Waals surface area contributed by atoms with Crippen LogP contribution in [0.5, 0.6) is 0 Å². The quantitative estimate of drug-likeness (QED) is 0.561. The average molecular weight is 368 g/mol. The van der Waals surface area contributed by atoms with E-state index in [4.69, 9.17) is 4.42 Å². The van der Waals surface area contributed by atoms with Gasteiger partial charge in [0.1, 0.15) is 17.4 Å². The van der Waals surface area contributed by atoms with Crippen LogP contribution in [0.3, 0.4) is 0 Å². The lowest BCUT2D eigenvalue weighted by atomic mass is 10.2. The number of aromatic nitrogens is 2. The smallest absolute Gasteiger partial charge is 0.229 e. The molecule has 2 N–H and O–H groups in total. The number of hydrogen-bond donors (Lipinski definition) is 2. The Balaban J connectivity index is 1.67. The molecule has 2 aromatic heterocycles. The Morgan fingerprint density at radius 3 is 2.65 bits per heavy atom. The molecule has 26 heavy (non-hydrogen) atoms. The van der Waals surface area contributed by atoms with Gasteiger partial charge in [-0.15, -0.1) is 0 Å². The van der Waals surface area contributed by atoms with Crippen molar-refractivity contribution in [3.05, 3.63) is 60.4 Å². The Hall–Kier alpha value is -3.13. The fourth-order valence-corrected chi connectivity index (χ4v) is 3.40. The summed E-state index contributed by atoms with van der Waals surface area (Å²) in [6.07, 6.45) is 2.60. The first-order chi connectivity index (χ1) is 12.5. The molecule has 8 heteroatoms. The van der Waals surface area contributed by atoms with Gasteiger partial charge in [-0.05, 0) is 23.8 Å². The summed E-state index contributed by atoms with van der Waals surface area (Å²) in [7, 11) is -3.36. The molecule has 0 bridgehead atoms. The van der Waals surface area contributed by atoms with Gasteiger partial charge in [0.2, 0.25) is 10.0 Å². The van der Waals surface area contributed by atoms with Gasteiger partial charge in [0.25, 0.3) is 0 Å². The molecular formula is C18H16N4O3S. The summed E-state index contributed by atoms with van der Waals surface area (Å²) in [5, 5.41) is 4.13. The van der Waals surface area contributed by atoms with Crippen LogP contribution in [0.15, 0.2) is 59.3 Å². The van der Waals surface area contributed by atoms with E-state index in [0.717, 1.165) is 28.3 Å². The first-order valence-corrected chi connectivity index (χ1v) is 9.82. The fourth-order valence-electron chi connectivity index (χ4n) is 2.80. The Labute approximate surface area is 150 Å². The molecular weight excluding hydrogens is 352 g/mol. The Bertz CT molecular complexity index is 1200. The summed E-state index contributed by atoms with van der Waals surface area (Å²) < 4.78 is 31.5. The number of fused-ring (bicyclic) bond motifs is 3. The minimum atomic E-state index is -3.36. The molecule has 7 nitrogen and oxygen atoms in total. The van der Waals surface area contributed by atoms with Crippen molar-refractivity contribution in [1.29, 1.82) is 0 Å². The number of nitrogens with one attached hydrogen (secondary N) is 2. The van der Waals surface area contributed by atoms with Crippen molar-refractivity contribution in [2.75, 3.05) is 16.3 Å². The predicted octanol–water partition coefficient (Wildman–Crippen LogP) is 3.36. The molecule has 0 spiro atoms. The van der Waals surface area contributed by atoms with Crippen molar-refractivity contribution in [2.45, 2.75) is 6.54 Å². The maximum absolute atomic E-state index is 11.5. The number of nitrogens with zero attached hydrogens (tertiary/aromatic N) is 2. The molecule has 0 saturated heterocycles. The number of anilines is 2. The van der Waals surface area contributed by atoms with Crippen molar-refractivity contribution in [2.24, 2.45) is 0 Å². The topological polar surface area (TPSA) is 97.1 Å². The molecule has 0 atom stereocenters. The molecule has 0 fully saturated rings. The van der Waals surface area contributed by atoms with Crippen LogP contribution in [-0.4, -0.2) is 24.6 Å². The number of sulfonamides is 1. The second-order valence-electron chi connectivity index (χ2n) is 5.88. The van der Waals surface area contributed by atoms with Gasteiger partial charge in [-0.1, -0.05) is 30.3 Å². The van der Waals surface area contributed by atoms with Gasteiger partial charge in [-0.25, -0.2) is 18.4 Å². The lowest BCUT2D eigenvalue weighted by Gasteiger charge is -2.11. The van der Waals surface area contributed by atoms with E-state index in [1.807, 2.05) is 36.4 Å². The van der Waals surface area contributed by atoms with E-state index < -0.39 is 10.0 Å². The highest BCUT2D eigenvalue weighted by molar-refractivity contribution is 7.92. The van der Waals surface area contributed by atoms with Crippen LogP contribution in [0.1, 0.15) is 5.56 Å². The monoisotopic (exact) mass is 368 g/mol. The molecule has 2 heterocycles. The molecule has 0 aliphatic carbocycles. The highest BCUT2D eigenvalue weighted by Crippen LogP contribution is 2.30. The van der Waals surface area contributed by atoms with Gasteiger partial charge >= 0.3 is 0 Å². The highest BCUT2D eigenvalue weighted by Gasteiger charge is 2.13. The lowest BCUT2D eigenvalue weighted by Crippen LogP contribution is -2.12. The van der Waals surface area contributed by atoms with E-state index in [1.54, 1.807) is 12.1 Å². The van der Waals surface area contributed by atoms with Crippen LogP contribution in [-0.2, 0) is 16.6 Å². The Morgan fingerprint density at radius 2 is 1.81 bits per heavy atom. The molecule has 2 aromatic carbocycles. The van der Waals surface area contributed by atoms with E-state index >= 15 is 0 Å². The van der Waals surface area contributed by atoms with Crippen LogP contribution in [0.4, 0.5) is 11.5 Å². The highest BCUT2D eigenvalue weighted by atomic mass is 32.2. The third-order valence-corrected chi connectivity index (χ3v) is 4.51. The van der Waals surface area contributed by atoms with Gasteiger partial charge in [0, 0.05) is 11.9 Å². The van der Waals surface area contributed by atoms with Crippen LogP contribution in [0.2, 0.25) is 0 Å². The van der Waals surface area contributed by atoms with E-state index in [2.05, 4.69) is 20.0 Å². The van der Waals surface area contributed by atoms with Crippen molar-refractivity contribution < 1.29 is 12.8 Å². The predicted molar refractivity (Wildman–Crippen MR) is 102 cm³/mol. The number of benzene rings is 2. The Kier molecular flexibility index (Phi) is 3.96. The van der Waals surface area contributed by atoms with E-state index in [1.165, 1.54) is 6.33 Å². The number of para-hydroxylation sites is 2. The maximum atomic E-state index is 11.5. The van der Waals surface area contributed by atoms with Crippen LogP contribution in [0.25, 0.3) is 22.1 Å². The molecule has 132 valence electrons. The summed E-state index contributed by atoms with van der Waals surface area (Å²) in [6.45, 7) is 0.377. The number of furan rings is 1. The normalized spacial score (nSPS) is 11.7. The SMILES string of the molecule is CS(=O)(=O)Nc1ccccc1CNc1ncnc2c1oc1ccccc12. The zero-order valence-corrected chi connectivity index (χ0v) is 14.7. The van der Waals surface area contributed by atoms with Crippen LogP contribution in [0, 0.1) is 0 Å². The summed E-state index contributed by atoms with van der Waals surface area (Å²) in [5.41, 5.74) is 3.37. The minimum absolute atomic E-state index is 0.377. The van der Waals surface area contributed by atoms with Gasteiger partial charge < -0.3 is 9.73 Å². The zero-order chi connectivity index (χ0) is 18.1. The molecule has 4 rings (SSSR count). The van der Waals surface area contributed by atoms with Gasteiger partial charge in [0.05, 0.1) is 11.9 Å². The minimum Gasteiger partial charge on any atom is -0.450 e. The van der Waals surface area contributed by atoms with Gasteiger partial charge in [-0.3, -0.25) is 4.72 Å². The van der Waals surface area contributed by atoms with Crippen molar-refractivity contribution in [3.8, 4) is 0 Å². The van der Waals surface area contributed by atoms with E-state index in [9.17, 15) is 8.42 Å². The molecule has 0 radical (unpaired) electrons. The lowest BCUT2D eigenvalue weighted by molar-refractivity contribution is 0.606. The summed E-state index contributed by atoms with van der Waals surface area (Å²) in [6, 6.07) is 14.8. The second kappa shape index (κ2) is 6.30. The number of hydrogen-bond acceptors (Lipinski definition) is 6. The maximum Gasteiger partial charge on any atom is 0.229 e. The summed E-state index contributed by atoms with van der Waals surface area (Å²) in [4.78, 5) is 8.58. The van der Waals surface area contributed by atoms with Gasteiger partial charge in [0.15, 0.2) is 11.4 Å². The molecule has 0 amide bonds. The first kappa shape index (κ1) is 16.3. The largest absolute Gasteiger partial charge is 0.450 e. The Morgan fingerprint density at radius 1 is 1.04 bits per heavy atom. The summed E-state index contributed by atoms with van der Waals surface area (Å²) >= 11 is 0. The van der Waals surface area contributed by atoms with Crippen molar-refractivity contribution in [3.63, 3.8) is 0 Å². The van der Waals surface area contributed by atoms with E-state index in [0.29, 0.717) is 23.6 Å². The van der Waals surface area contributed by atoms with Crippen LogP contribution >= 0.6 is 0 Å². The fraction of sp³-hybridized carbons (Fsp3) is 0.111. The second-order valence-corrected chi connectivity index (χ2v) is 7.63. The standard InChI is InChI=1S/C18H16N4O3S/c1-26(23,24)22-14-8-4-2-6-12(14)10-19-18-17-16(20-11-21-18)13-7-3-5-9-15(13)25-17/h2-9,11,22H,10H2,1H3,(H,19,20,21). The van der Waals surface area contributed by atoms with E-state index in [-0.39, 0.29) is 0 Å². The van der Waals surface area contributed by atoms with Crippen molar-refractivity contribution in [1.82, 2.24) is 9.97 Å². The average Bonchev–Trinajstić information content (AvgIpc) is 2.99. The zero-order valence-electron chi connectivity index (χ0n) is 13.9. The molecule has 4 aromatic rings.